The van der Waals surface area contributed by atoms with Crippen molar-refractivity contribution in [1.82, 2.24) is 4.31 Å². The molecule has 2 atom stereocenters. The Labute approximate surface area is 199 Å². The number of hydrogen-bond donors (Lipinski definition) is 1. The average Bonchev–Trinajstić information content (AvgIpc) is 2.79. The highest BCUT2D eigenvalue weighted by molar-refractivity contribution is 7.89. The van der Waals surface area contributed by atoms with Crippen LogP contribution < -0.4 is 10.2 Å². The molecule has 1 amide bonds. The van der Waals surface area contributed by atoms with Crippen LogP contribution in [0.25, 0.3) is 0 Å². The van der Waals surface area contributed by atoms with Crippen LogP contribution in [-0.4, -0.2) is 70.2 Å². The Bertz CT molecular complexity index is 1110. The second kappa shape index (κ2) is 9.99. The number of benzene rings is 2. The molecule has 0 aromatic heterocycles. The average molecular weight is 494 g/mol. The molecule has 10 heteroatoms. The first-order chi connectivity index (χ1) is 15.7. The molecule has 2 fully saturated rings. The first-order valence-electron chi connectivity index (χ1n) is 10.9. The van der Waals surface area contributed by atoms with Crippen molar-refractivity contribution >= 4 is 38.9 Å². The van der Waals surface area contributed by atoms with Crippen LogP contribution in [0, 0.1) is 0 Å². The summed E-state index contributed by atoms with van der Waals surface area (Å²) in [6, 6.07) is 11.4. The molecule has 2 aliphatic heterocycles. The quantitative estimate of drug-likeness (QED) is 0.688. The fraction of sp³-hybridized carbons (Fsp3) is 0.435. The van der Waals surface area contributed by atoms with Crippen LogP contribution in [0.5, 0.6) is 0 Å². The van der Waals surface area contributed by atoms with Gasteiger partial charge in [0.25, 0.3) is 5.91 Å². The van der Waals surface area contributed by atoms with E-state index in [4.69, 9.17) is 21.1 Å². The highest BCUT2D eigenvalue weighted by Crippen LogP contribution is 2.30. The molecule has 178 valence electrons. The minimum absolute atomic E-state index is 0.0796. The third-order valence-corrected chi connectivity index (χ3v) is 7.74. The molecule has 2 heterocycles. The summed E-state index contributed by atoms with van der Waals surface area (Å²) in [6.45, 7) is 6.86. The zero-order valence-electron chi connectivity index (χ0n) is 18.7. The van der Waals surface area contributed by atoms with E-state index in [2.05, 4.69) is 10.2 Å². The van der Waals surface area contributed by atoms with Crippen LogP contribution >= 0.6 is 11.6 Å². The Morgan fingerprint density at radius 2 is 1.76 bits per heavy atom. The van der Waals surface area contributed by atoms with Crippen molar-refractivity contribution < 1.29 is 22.7 Å². The number of halogens is 1. The number of nitrogens with zero attached hydrogens (tertiary/aromatic N) is 2. The fourth-order valence-corrected chi connectivity index (χ4v) is 5.97. The van der Waals surface area contributed by atoms with E-state index in [1.165, 1.54) is 16.4 Å². The van der Waals surface area contributed by atoms with Gasteiger partial charge < -0.3 is 19.7 Å². The van der Waals surface area contributed by atoms with Crippen molar-refractivity contribution in [3.05, 3.63) is 53.1 Å². The summed E-state index contributed by atoms with van der Waals surface area (Å²) in [6.07, 6.45) is -0.395. The monoisotopic (exact) mass is 493 g/mol. The van der Waals surface area contributed by atoms with E-state index >= 15 is 0 Å². The molecular weight excluding hydrogens is 466 g/mol. The van der Waals surface area contributed by atoms with E-state index < -0.39 is 15.9 Å². The second-order valence-corrected chi connectivity index (χ2v) is 10.7. The number of sulfonamides is 1. The van der Waals surface area contributed by atoms with Gasteiger partial charge in [-0.15, -0.1) is 0 Å². The smallest absolute Gasteiger partial charge is 0.255 e. The molecule has 0 saturated carbocycles. The van der Waals surface area contributed by atoms with Crippen LogP contribution in [0.4, 0.5) is 11.4 Å². The van der Waals surface area contributed by atoms with Gasteiger partial charge in [-0.05, 0) is 50.2 Å². The number of carbonyl (C=O) groups is 1. The zero-order valence-corrected chi connectivity index (χ0v) is 20.2. The normalized spacial score (nSPS) is 22.2. The summed E-state index contributed by atoms with van der Waals surface area (Å²) in [5.74, 6) is -0.410. The van der Waals surface area contributed by atoms with Crippen molar-refractivity contribution in [3.8, 4) is 0 Å². The topological polar surface area (TPSA) is 88.2 Å². The predicted octanol–water partition coefficient (Wildman–Crippen LogP) is 3.23. The largest absolute Gasteiger partial charge is 0.378 e. The molecular formula is C23H28ClN3O5S. The SMILES string of the molecule is C[C@@H]1CN(S(=O)(=O)c2cccc(C(=O)Nc3cc(Cl)ccc3N3CCOCC3)c2)C[C@H](C)O1. The van der Waals surface area contributed by atoms with Gasteiger partial charge in [-0.3, -0.25) is 4.79 Å². The van der Waals surface area contributed by atoms with Gasteiger partial charge in [-0.2, -0.15) is 4.31 Å². The van der Waals surface area contributed by atoms with Crippen LogP contribution in [0.15, 0.2) is 47.4 Å². The summed E-state index contributed by atoms with van der Waals surface area (Å²) >= 11 is 6.19. The van der Waals surface area contributed by atoms with Crippen molar-refractivity contribution in [3.63, 3.8) is 0 Å². The van der Waals surface area contributed by atoms with Crippen LogP contribution in [0.3, 0.4) is 0 Å². The van der Waals surface area contributed by atoms with Gasteiger partial charge in [0.2, 0.25) is 10.0 Å². The first kappa shape index (κ1) is 24.0. The molecule has 33 heavy (non-hydrogen) atoms. The number of carbonyl (C=O) groups excluding carboxylic acids is 1. The maximum absolute atomic E-state index is 13.2. The number of morpholine rings is 2. The van der Waals surface area contributed by atoms with Gasteiger partial charge in [0.15, 0.2) is 0 Å². The molecule has 0 radical (unpaired) electrons. The summed E-state index contributed by atoms with van der Waals surface area (Å²) in [5, 5.41) is 3.40. The second-order valence-electron chi connectivity index (χ2n) is 8.32. The van der Waals surface area contributed by atoms with E-state index in [1.807, 2.05) is 19.9 Å². The van der Waals surface area contributed by atoms with Crippen LogP contribution in [0.1, 0.15) is 24.2 Å². The van der Waals surface area contributed by atoms with Gasteiger partial charge in [0.1, 0.15) is 0 Å². The fourth-order valence-electron chi connectivity index (χ4n) is 4.16. The Balaban J connectivity index is 1.57. The molecule has 0 spiro atoms. The number of nitrogens with one attached hydrogen (secondary N) is 1. The summed E-state index contributed by atoms with van der Waals surface area (Å²) in [5.41, 5.74) is 1.66. The van der Waals surface area contributed by atoms with E-state index in [1.54, 1.807) is 24.3 Å². The molecule has 0 bridgehead atoms. The van der Waals surface area contributed by atoms with Crippen molar-refractivity contribution in [1.29, 1.82) is 0 Å². The van der Waals surface area contributed by atoms with Crippen LogP contribution in [0.2, 0.25) is 5.02 Å². The predicted molar refractivity (Wildman–Crippen MR) is 128 cm³/mol. The molecule has 2 aromatic rings. The Kier molecular flexibility index (Phi) is 7.25. The summed E-state index contributed by atoms with van der Waals surface area (Å²) in [7, 11) is -3.76. The lowest BCUT2D eigenvalue weighted by molar-refractivity contribution is -0.0440. The molecule has 2 aromatic carbocycles. The molecule has 2 aliphatic rings. The van der Waals surface area contributed by atoms with E-state index in [-0.39, 0.29) is 35.8 Å². The minimum atomic E-state index is -3.76. The van der Waals surface area contributed by atoms with Gasteiger partial charge in [0, 0.05) is 36.8 Å². The van der Waals surface area contributed by atoms with Crippen molar-refractivity contribution in [2.75, 3.05) is 49.6 Å². The molecule has 0 unspecified atom stereocenters. The standard InChI is InChI=1S/C23H28ClN3O5S/c1-16-14-27(15-17(2)32-16)33(29,30)20-5-3-4-18(12-20)23(28)25-21-13-19(24)6-7-22(21)26-8-10-31-11-9-26/h3-7,12-13,16-17H,8-11,14-15H2,1-2H3,(H,25,28)/t16-,17+. The zero-order chi connectivity index (χ0) is 23.6. The third-order valence-electron chi connectivity index (χ3n) is 5.68. The van der Waals surface area contributed by atoms with E-state index in [9.17, 15) is 13.2 Å². The first-order valence-corrected chi connectivity index (χ1v) is 12.7. The molecule has 1 N–H and O–H groups in total. The Hall–Kier alpha value is -2.17. The Morgan fingerprint density at radius 1 is 1.06 bits per heavy atom. The number of amides is 1. The number of anilines is 2. The number of rotatable bonds is 5. The highest BCUT2D eigenvalue weighted by Gasteiger charge is 2.32. The lowest BCUT2D eigenvalue weighted by atomic mass is 10.2. The van der Waals surface area contributed by atoms with Crippen molar-refractivity contribution in [2.24, 2.45) is 0 Å². The Morgan fingerprint density at radius 3 is 2.45 bits per heavy atom. The molecule has 4 rings (SSSR count). The van der Waals surface area contributed by atoms with Gasteiger partial charge in [-0.25, -0.2) is 8.42 Å². The lowest BCUT2D eigenvalue weighted by Crippen LogP contribution is -2.48. The maximum Gasteiger partial charge on any atom is 0.255 e. The van der Waals surface area contributed by atoms with Gasteiger partial charge in [0.05, 0.1) is 41.7 Å². The van der Waals surface area contributed by atoms with Gasteiger partial charge in [-0.1, -0.05) is 17.7 Å². The minimum Gasteiger partial charge on any atom is -0.378 e. The number of hydrogen-bond acceptors (Lipinski definition) is 6. The lowest BCUT2D eigenvalue weighted by Gasteiger charge is -2.34. The van der Waals surface area contributed by atoms with Crippen molar-refractivity contribution in [2.45, 2.75) is 31.0 Å². The summed E-state index contributed by atoms with van der Waals surface area (Å²) in [4.78, 5) is 15.3. The highest BCUT2D eigenvalue weighted by atomic mass is 35.5. The van der Waals surface area contributed by atoms with E-state index in [0.29, 0.717) is 37.0 Å². The number of ether oxygens (including phenoxy) is 2. The maximum atomic E-state index is 13.2. The van der Waals surface area contributed by atoms with Gasteiger partial charge >= 0.3 is 0 Å². The molecule has 8 nitrogen and oxygen atoms in total. The van der Waals surface area contributed by atoms with Crippen LogP contribution in [-0.2, 0) is 19.5 Å². The molecule has 0 aliphatic carbocycles. The molecule has 2 saturated heterocycles. The summed E-state index contributed by atoms with van der Waals surface area (Å²) < 4.78 is 38.9. The third kappa shape index (κ3) is 5.50. The van der Waals surface area contributed by atoms with E-state index in [0.717, 1.165) is 5.69 Å².